The van der Waals surface area contributed by atoms with Gasteiger partial charge in [0.15, 0.2) is 0 Å². The number of aryl methyl sites for hydroxylation is 1. The molecular formula is C14H16BrN3O2. The number of halogens is 1. The number of amides is 1. The largest absolute Gasteiger partial charge is 0.497 e. The van der Waals surface area contributed by atoms with Crippen LogP contribution in [0.4, 0.5) is 0 Å². The number of carbonyl (C=O) groups excluding carboxylic acids is 1. The standard InChI is InChI=1S/C14H16BrN3O2/c1-18-9-10(8-17-18)3-4-16-14(19)11-5-12(15)7-13(6-11)20-2/h5-9H,3-4H2,1-2H3,(H,16,19). The molecule has 0 bridgehead atoms. The van der Waals surface area contributed by atoms with Gasteiger partial charge in [0.05, 0.1) is 13.3 Å². The summed E-state index contributed by atoms with van der Waals surface area (Å²) in [5.41, 5.74) is 1.67. The van der Waals surface area contributed by atoms with E-state index in [0.29, 0.717) is 17.9 Å². The van der Waals surface area contributed by atoms with Crippen molar-refractivity contribution in [3.63, 3.8) is 0 Å². The number of ether oxygens (including phenoxy) is 1. The fourth-order valence-corrected chi connectivity index (χ4v) is 2.31. The summed E-state index contributed by atoms with van der Waals surface area (Å²) >= 11 is 3.36. The van der Waals surface area contributed by atoms with E-state index in [0.717, 1.165) is 16.5 Å². The van der Waals surface area contributed by atoms with Crippen molar-refractivity contribution in [3.8, 4) is 5.75 Å². The normalized spacial score (nSPS) is 10.3. The summed E-state index contributed by atoms with van der Waals surface area (Å²) in [5, 5.41) is 6.97. The lowest BCUT2D eigenvalue weighted by Crippen LogP contribution is -2.25. The average Bonchev–Trinajstić information content (AvgIpc) is 2.83. The molecule has 1 aromatic heterocycles. The maximum atomic E-state index is 12.1. The second-order valence-electron chi connectivity index (χ2n) is 4.41. The summed E-state index contributed by atoms with van der Waals surface area (Å²) in [6, 6.07) is 5.29. The molecule has 0 spiro atoms. The van der Waals surface area contributed by atoms with Crippen molar-refractivity contribution in [3.05, 3.63) is 46.2 Å². The van der Waals surface area contributed by atoms with E-state index >= 15 is 0 Å². The smallest absolute Gasteiger partial charge is 0.251 e. The third-order valence-corrected chi connectivity index (χ3v) is 3.28. The number of hydrogen-bond donors (Lipinski definition) is 1. The first kappa shape index (κ1) is 14.6. The van der Waals surface area contributed by atoms with Gasteiger partial charge in [0, 0.05) is 29.8 Å². The zero-order valence-electron chi connectivity index (χ0n) is 11.4. The monoisotopic (exact) mass is 337 g/mol. The summed E-state index contributed by atoms with van der Waals surface area (Å²) in [5.74, 6) is 0.533. The Bertz CT molecular complexity index is 610. The second-order valence-corrected chi connectivity index (χ2v) is 5.32. The molecular weight excluding hydrogens is 322 g/mol. The molecule has 1 amide bonds. The molecule has 0 aliphatic rings. The number of hydrogen-bond acceptors (Lipinski definition) is 3. The van der Waals surface area contributed by atoms with Crippen molar-refractivity contribution < 1.29 is 9.53 Å². The van der Waals surface area contributed by atoms with Gasteiger partial charge in [-0.3, -0.25) is 9.48 Å². The average molecular weight is 338 g/mol. The Morgan fingerprint density at radius 2 is 2.25 bits per heavy atom. The van der Waals surface area contributed by atoms with Crippen molar-refractivity contribution in [2.45, 2.75) is 6.42 Å². The van der Waals surface area contributed by atoms with Gasteiger partial charge in [-0.15, -0.1) is 0 Å². The first-order valence-electron chi connectivity index (χ1n) is 6.19. The SMILES string of the molecule is COc1cc(Br)cc(C(=O)NCCc2cnn(C)c2)c1. The predicted octanol–water partition coefficient (Wildman–Crippen LogP) is 2.16. The molecule has 0 saturated heterocycles. The van der Waals surface area contributed by atoms with Crippen LogP contribution in [-0.4, -0.2) is 29.3 Å². The number of aromatic nitrogens is 2. The molecule has 1 aromatic carbocycles. The highest BCUT2D eigenvalue weighted by Crippen LogP contribution is 2.21. The minimum atomic E-state index is -0.117. The lowest BCUT2D eigenvalue weighted by molar-refractivity contribution is 0.0953. The van der Waals surface area contributed by atoms with Crippen molar-refractivity contribution in [1.82, 2.24) is 15.1 Å². The molecule has 106 valence electrons. The minimum absolute atomic E-state index is 0.117. The van der Waals surface area contributed by atoms with E-state index in [1.807, 2.05) is 19.3 Å². The van der Waals surface area contributed by atoms with Crippen LogP contribution in [0.15, 0.2) is 35.1 Å². The molecule has 0 saturated carbocycles. The van der Waals surface area contributed by atoms with Crippen LogP contribution in [0.25, 0.3) is 0 Å². The second kappa shape index (κ2) is 6.56. The highest BCUT2D eigenvalue weighted by Gasteiger charge is 2.08. The third-order valence-electron chi connectivity index (χ3n) is 2.83. The Kier molecular flexibility index (Phi) is 4.79. The number of methoxy groups -OCH3 is 1. The first-order valence-corrected chi connectivity index (χ1v) is 6.98. The summed E-state index contributed by atoms with van der Waals surface area (Å²) in [6.07, 6.45) is 4.49. The van der Waals surface area contributed by atoms with Crippen LogP contribution in [0.2, 0.25) is 0 Å². The van der Waals surface area contributed by atoms with Crippen LogP contribution < -0.4 is 10.1 Å². The van der Waals surface area contributed by atoms with E-state index in [9.17, 15) is 4.79 Å². The van der Waals surface area contributed by atoms with Gasteiger partial charge in [-0.1, -0.05) is 15.9 Å². The van der Waals surface area contributed by atoms with Gasteiger partial charge in [0.1, 0.15) is 5.75 Å². The molecule has 1 N–H and O–H groups in total. The molecule has 0 aliphatic carbocycles. The van der Waals surface area contributed by atoms with E-state index in [-0.39, 0.29) is 5.91 Å². The van der Waals surface area contributed by atoms with E-state index in [4.69, 9.17) is 4.74 Å². The fraction of sp³-hybridized carbons (Fsp3) is 0.286. The molecule has 0 radical (unpaired) electrons. The maximum Gasteiger partial charge on any atom is 0.251 e. The predicted molar refractivity (Wildman–Crippen MR) is 79.9 cm³/mol. The van der Waals surface area contributed by atoms with Crippen molar-refractivity contribution in [1.29, 1.82) is 0 Å². The molecule has 0 unspecified atom stereocenters. The number of rotatable bonds is 5. The molecule has 0 atom stereocenters. The number of nitrogens with zero attached hydrogens (tertiary/aromatic N) is 2. The van der Waals surface area contributed by atoms with E-state index in [1.54, 1.807) is 30.1 Å². The van der Waals surface area contributed by atoms with Crippen molar-refractivity contribution in [2.24, 2.45) is 7.05 Å². The van der Waals surface area contributed by atoms with Gasteiger partial charge in [-0.25, -0.2) is 0 Å². The Labute approximate surface area is 126 Å². The molecule has 2 aromatic rings. The van der Waals surface area contributed by atoms with Crippen LogP contribution in [0.3, 0.4) is 0 Å². The quantitative estimate of drug-likeness (QED) is 0.909. The van der Waals surface area contributed by atoms with Crippen molar-refractivity contribution >= 4 is 21.8 Å². The maximum absolute atomic E-state index is 12.1. The molecule has 20 heavy (non-hydrogen) atoms. The molecule has 1 heterocycles. The van der Waals surface area contributed by atoms with Gasteiger partial charge in [0.25, 0.3) is 5.91 Å². The molecule has 0 aliphatic heterocycles. The van der Waals surface area contributed by atoms with Crippen LogP contribution >= 0.6 is 15.9 Å². The van der Waals surface area contributed by atoms with Gasteiger partial charge < -0.3 is 10.1 Å². The third kappa shape index (κ3) is 3.84. The highest BCUT2D eigenvalue weighted by molar-refractivity contribution is 9.10. The van der Waals surface area contributed by atoms with Crippen LogP contribution in [0.1, 0.15) is 15.9 Å². The summed E-state index contributed by atoms with van der Waals surface area (Å²) in [7, 11) is 3.45. The first-order chi connectivity index (χ1) is 9.58. The number of carbonyl (C=O) groups is 1. The zero-order chi connectivity index (χ0) is 14.5. The Morgan fingerprint density at radius 1 is 1.45 bits per heavy atom. The van der Waals surface area contributed by atoms with Crippen LogP contribution in [0, 0.1) is 0 Å². The van der Waals surface area contributed by atoms with E-state index in [2.05, 4.69) is 26.3 Å². The van der Waals surface area contributed by atoms with Crippen molar-refractivity contribution in [2.75, 3.05) is 13.7 Å². The minimum Gasteiger partial charge on any atom is -0.497 e. The Hall–Kier alpha value is -1.82. The zero-order valence-corrected chi connectivity index (χ0v) is 13.0. The molecule has 6 heteroatoms. The number of benzene rings is 1. The molecule has 0 fully saturated rings. The lowest BCUT2D eigenvalue weighted by Gasteiger charge is -2.07. The lowest BCUT2D eigenvalue weighted by atomic mass is 10.2. The van der Waals surface area contributed by atoms with Crippen LogP contribution in [-0.2, 0) is 13.5 Å². The van der Waals surface area contributed by atoms with Gasteiger partial charge in [0.2, 0.25) is 0 Å². The van der Waals surface area contributed by atoms with E-state index < -0.39 is 0 Å². The van der Waals surface area contributed by atoms with E-state index in [1.165, 1.54) is 0 Å². The Balaban J connectivity index is 1.93. The fourth-order valence-electron chi connectivity index (χ4n) is 1.84. The number of nitrogens with one attached hydrogen (secondary N) is 1. The molecule has 2 rings (SSSR count). The summed E-state index contributed by atoms with van der Waals surface area (Å²) < 4.78 is 7.70. The van der Waals surface area contributed by atoms with Gasteiger partial charge in [-0.05, 0) is 30.2 Å². The van der Waals surface area contributed by atoms with Crippen LogP contribution in [0.5, 0.6) is 5.75 Å². The summed E-state index contributed by atoms with van der Waals surface area (Å²) in [6.45, 7) is 0.569. The molecule has 5 nitrogen and oxygen atoms in total. The summed E-state index contributed by atoms with van der Waals surface area (Å²) in [4.78, 5) is 12.1. The Morgan fingerprint density at radius 3 is 2.90 bits per heavy atom. The van der Waals surface area contributed by atoms with Gasteiger partial charge >= 0.3 is 0 Å². The highest BCUT2D eigenvalue weighted by atomic mass is 79.9. The van der Waals surface area contributed by atoms with Gasteiger partial charge in [-0.2, -0.15) is 5.10 Å². The topological polar surface area (TPSA) is 56.1 Å².